The van der Waals surface area contributed by atoms with Gasteiger partial charge in [0, 0.05) is 24.8 Å². The Labute approximate surface area is 211 Å². The number of methoxy groups -OCH3 is 1. The lowest BCUT2D eigenvalue weighted by molar-refractivity contribution is 0.0562. The number of aryl methyl sites for hydroxylation is 2. The van der Waals surface area contributed by atoms with Gasteiger partial charge in [-0.3, -0.25) is 4.79 Å². The molecule has 8 nitrogen and oxygen atoms in total. The third kappa shape index (κ3) is 4.98. The van der Waals surface area contributed by atoms with E-state index in [2.05, 4.69) is 32.5 Å². The molecule has 0 unspecified atom stereocenters. The number of aromatic nitrogens is 2. The molecule has 0 aliphatic carbocycles. The van der Waals surface area contributed by atoms with E-state index in [-0.39, 0.29) is 11.9 Å². The van der Waals surface area contributed by atoms with Gasteiger partial charge in [-0.1, -0.05) is 28.9 Å². The lowest BCUT2D eigenvalue weighted by atomic mass is 9.98. The van der Waals surface area contributed by atoms with Gasteiger partial charge < -0.3 is 24.4 Å². The predicted octanol–water partition coefficient (Wildman–Crippen LogP) is 4.12. The highest BCUT2D eigenvalue weighted by atomic mass is 16.6. The number of hydrogen-bond donors (Lipinski definition) is 1. The van der Waals surface area contributed by atoms with Crippen molar-refractivity contribution in [3.05, 3.63) is 82.9 Å². The second-order valence-electron chi connectivity index (χ2n) is 9.26. The maximum atomic E-state index is 12.7. The van der Waals surface area contributed by atoms with Crippen molar-refractivity contribution in [3.63, 3.8) is 0 Å². The number of hydrogen-bond acceptors (Lipinski definition) is 6. The van der Waals surface area contributed by atoms with Crippen molar-refractivity contribution in [1.29, 1.82) is 0 Å². The van der Waals surface area contributed by atoms with Gasteiger partial charge >= 0.3 is 0 Å². The molecule has 1 amide bonds. The van der Waals surface area contributed by atoms with Crippen LogP contribution in [0, 0.1) is 13.8 Å². The number of amidine groups is 1. The number of imidazole rings is 1. The van der Waals surface area contributed by atoms with Crippen molar-refractivity contribution >= 4 is 17.8 Å². The molecule has 3 aromatic rings. The summed E-state index contributed by atoms with van der Waals surface area (Å²) >= 11 is 0. The fraction of sp³-hybridized carbons (Fsp3) is 0.321. The molecule has 1 atom stereocenters. The molecule has 2 aliphatic rings. The fourth-order valence-corrected chi connectivity index (χ4v) is 4.74. The second-order valence-corrected chi connectivity index (χ2v) is 9.26. The minimum absolute atomic E-state index is 0.0244. The SMILES string of the molecule is COc1cc(/C=C2\CCCN3C2=NOC[C@@H]3CNC(=O)c2cccc(C)c2)ccc1-n1cnc(C)c1. The standard InChI is InChI=1S/C28H31N5O3/c1-19-6-4-7-23(12-19)28(34)29-15-24-17-36-31-27-22(8-5-11-33(24)27)13-21-9-10-25(26(14-21)35-3)32-16-20(2)30-18-32/h4,6-7,9-10,12-14,16,18,24H,5,8,11,15,17H2,1-3H3,(H,29,34)/b22-13+/t24-/m0/s1. The average Bonchev–Trinajstić information content (AvgIpc) is 3.33. The van der Waals surface area contributed by atoms with E-state index in [4.69, 9.17) is 9.57 Å². The van der Waals surface area contributed by atoms with Gasteiger partial charge in [0.25, 0.3) is 5.91 Å². The van der Waals surface area contributed by atoms with Crippen LogP contribution in [-0.4, -0.2) is 59.0 Å². The van der Waals surface area contributed by atoms with Crippen LogP contribution in [0.1, 0.15) is 40.0 Å². The largest absolute Gasteiger partial charge is 0.495 e. The monoisotopic (exact) mass is 485 g/mol. The summed E-state index contributed by atoms with van der Waals surface area (Å²) in [7, 11) is 1.68. The topological polar surface area (TPSA) is 81.0 Å². The highest BCUT2D eigenvalue weighted by molar-refractivity contribution is 6.03. The van der Waals surface area contributed by atoms with Crippen molar-refractivity contribution in [3.8, 4) is 11.4 Å². The number of nitrogens with zero attached hydrogens (tertiary/aromatic N) is 4. The van der Waals surface area contributed by atoms with Crippen molar-refractivity contribution < 1.29 is 14.4 Å². The number of oxime groups is 1. The van der Waals surface area contributed by atoms with E-state index in [0.717, 1.165) is 59.1 Å². The van der Waals surface area contributed by atoms with E-state index < -0.39 is 0 Å². The predicted molar refractivity (Wildman–Crippen MR) is 139 cm³/mol. The molecule has 2 aromatic carbocycles. The van der Waals surface area contributed by atoms with Gasteiger partial charge in [-0.15, -0.1) is 0 Å². The number of nitrogens with one attached hydrogen (secondary N) is 1. The van der Waals surface area contributed by atoms with Crippen molar-refractivity contribution in [1.82, 2.24) is 19.8 Å². The van der Waals surface area contributed by atoms with E-state index in [1.807, 2.05) is 61.0 Å². The zero-order chi connectivity index (χ0) is 25.1. The van der Waals surface area contributed by atoms with Crippen LogP contribution in [0.5, 0.6) is 5.75 Å². The number of amides is 1. The summed E-state index contributed by atoms with van der Waals surface area (Å²) in [6, 6.07) is 13.8. The number of fused-ring (bicyclic) bond motifs is 1. The Morgan fingerprint density at radius 2 is 2.14 bits per heavy atom. The zero-order valence-electron chi connectivity index (χ0n) is 20.9. The normalized spacial score (nSPS) is 18.3. The van der Waals surface area contributed by atoms with Crippen molar-refractivity contribution in [2.24, 2.45) is 5.16 Å². The van der Waals surface area contributed by atoms with Crippen molar-refractivity contribution in [2.45, 2.75) is 32.7 Å². The molecule has 2 aliphatic heterocycles. The quantitative estimate of drug-likeness (QED) is 0.568. The van der Waals surface area contributed by atoms with Gasteiger partial charge in [0.1, 0.15) is 12.4 Å². The second kappa shape index (κ2) is 10.3. The molecule has 1 N–H and O–H groups in total. The highest BCUT2D eigenvalue weighted by Crippen LogP contribution is 2.29. The Morgan fingerprint density at radius 1 is 1.25 bits per heavy atom. The number of ether oxygens (including phenoxy) is 1. The first-order valence-corrected chi connectivity index (χ1v) is 12.2. The summed E-state index contributed by atoms with van der Waals surface area (Å²) in [6.45, 7) is 5.76. The lowest BCUT2D eigenvalue weighted by Crippen LogP contribution is -2.53. The smallest absolute Gasteiger partial charge is 0.251 e. The van der Waals surface area contributed by atoms with E-state index in [1.165, 1.54) is 0 Å². The average molecular weight is 486 g/mol. The van der Waals surface area contributed by atoms with Crippen LogP contribution in [0.3, 0.4) is 0 Å². The molecular weight excluding hydrogens is 454 g/mol. The number of piperidine rings is 1. The zero-order valence-corrected chi connectivity index (χ0v) is 20.9. The van der Waals surface area contributed by atoms with Gasteiger partial charge in [0.2, 0.25) is 0 Å². The van der Waals surface area contributed by atoms with Gasteiger partial charge in [-0.2, -0.15) is 0 Å². The molecule has 0 spiro atoms. The summed E-state index contributed by atoms with van der Waals surface area (Å²) in [4.78, 5) is 24.9. The van der Waals surface area contributed by atoms with E-state index >= 15 is 0 Å². The third-order valence-corrected chi connectivity index (χ3v) is 6.58. The maximum Gasteiger partial charge on any atom is 0.251 e. The van der Waals surface area contributed by atoms with E-state index in [0.29, 0.717) is 18.7 Å². The first-order valence-electron chi connectivity index (χ1n) is 12.2. The van der Waals surface area contributed by atoms with E-state index in [9.17, 15) is 4.79 Å². The summed E-state index contributed by atoms with van der Waals surface area (Å²) in [5, 5.41) is 7.48. The van der Waals surface area contributed by atoms with Crippen LogP contribution < -0.4 is 10.1 Å². The Bertz CT molecular complexity index is 1330. The number of rotatable bonds is 6. The highest BCUT2D eigenvalue weighted by Gasteiger charge is 2.32. The van der Waals surface area contributed by atoms with Gasteiger partial charge in [0.15, 0.2) is 5.84 Å². The first kappa shape index (κ1) is 23.7. The fourth-order valence-electron chi connectivity index (χ4n) is 4.74. The van der Waals surface area contributed by atoms with Crippen molar-refractivity contribution in [2.75, 3.05) is 26.8 Å². The number of benzene rings is 2. The number of carbonyl (C=O) groups excluding carboxylic acids is 1. The molecule has 0 bridgehead atoms. The van der Waals surface area contributed by atoms with Gasteiger partial charge in [0.05, 0.1) is 30.9 Å². The van der Waals surface area contributed by atoms with Gasteiger partial charge in [-0.05, 0) is 68.2 Å². The van der Waals surface area contributed by atoms with Crippen LogP contribution in [0.2, 0.25) is 0 Å². The first-order chi connectivity index (χ1) is 17.5. The molecule has 1 aromatic heterocycles. The molecular formula is C28H31N5O3. The van der Waals surface area contributed by atoms with Crippen LogP contribution in [0.25, 0.3) is 11.8 Å². The molecule has 0 saturated carbocycles. The Kier molecular flexibility index (Phi) is 6.75. The van der Waals surface area contributed by atoms with Crippen LogP contribution >= 0.6 is 0 Å². The number of carbonyl (C=O) groups is 1. The molecule has 1 fully saturated rings. The van der Waals surface area contributed by atoms with Crippen LogP contribution in [0.4, 0.5) is 0 Å². The lowest BCUT2D eigenvalue weighted by Gasteiger charge is -2.40. The van der Waals surface area contributed by atoms with Crippen LogP contribution in [0.15, 0.2) is 65.7 Å². The Hall–Kier alpha value is -4.07. The molecule has 36 heavy (non-hydrogen) atoms. The molecule has 0 radical (unpaired) electrons. The van der Waals surface area contributed by atoms with E-state index in [1.54, 1.807) is 13.4 Å². The molecule has 3 heterocycles. The third-order valence-electron chi connectivity index (χ3n) is 6.58. The molecule has 186 valence electrons. The summed E-state index contributed by atoms with van der Waals surface area (Å²) < 4.78 is 7.64. The molecule has 8 heteroatoms. The Balaban J connectivity index is 1.32. The summed E-state index contributed by atoms with van der Waals surface area (Å²) in [6.07, 6.45) is 7.83. The minimum Gasteiger partial charge on any atom is -0.495 e. The molecule has 5 rings (SSSR count). The maximum absolute atomic E-state index is 12.7. The minimum atomic E-state index is -0.0733. The summed E-state index contributed by atoms with van der Waals surface area (Å²) in [5.74, 6) is 1.54. The van der Waals surface area contributed by atoms with Gasteiger partial charge in [-0.25, -0.2) is 4.98 Å². The summed E-state index contributed by atoms with van der Waals surface area (Å²) in [5.41, 5.74) is 5.77. The van der Waals surface area contributed by atoms with Crippen LogP contribution in [-0.2, 0) is 4.84 Å². The Morgan fingerprint density at radius 3 is 2.92 bits per heavy atom. The molecule has 1 saturated heterocycles.